The van der Waals surface area contributed by atoms with Crippen LogP contribution in [0.3, 0.4) is 0 Å². The van der Waals surface area contributed by atoms with Crippen molar-refractivity contribution >= 4 is 23.7 Å². The number of carbonyl (C=O) groups is 3. The molecule has 2 aromatic rings. The van der Waals surface area contributed by atoms with E-state index in [2.05, 4.69) is 5.32 Å². The van der Waals surface area contributed by atoms with Crippen molar-refractivity contribution in [3.05, 3.63) is 64.4 Å². The number of imide groups is 1. The number of hydrogen-bond acceptors (Lipinski definition) is 5. The second-order valence-electron chi connectivity index (χ2n) is 5.79. The van der Waals surface area contributed by atoms with E-state index in [1.807, 2.05) is 6.07 Å². The van der Waals surface area contributed by atoms with Gasteiger partial charge < -0.3 is 4.42 Å². The van der Waals surface area contributed by atoms with Gasteiger partial charge in [0, 0.05) is 16.7 Å². The topological polar surface area (TPSA) is 100 Å². The molecule has 2 heterocycles. The van der Waals surface area contributed by atoms with E-state index in [4.69, 9.17) is 9.68 Å². The molecule has 6 nitrogen and oxygen atoms in total. The highest BCUT2D eigenvalue weighted by atomic mass is 16.3. The van der Waals surface area contributed by atoms with Gasteiger partial charge in [0.25, 0.3) is 11.8 Å². The Morgan fingerprint density at radius 1 is 1.19 bits per heavy atom. The lowest BCUT2D eigenvalue weighted by Crippen LogP contribution is -2.37. The SMILES string of the molecule is CC(=O)c1cccc(-c2ccc(C=C3C(=O)NC(=O)C(C#N)=C3C)o2)c1. The third-order valence-corrected chi connectivity index (χ3v) is 4.06. The molecule has 0 aliphatic carbocycles. The molecule has 3 rings (SSSR count). The predicted molar refractivity (Wildman–Crippen MR) is 93.6 cm³/mol. The largest absolute Gasteiger partial charge is 0.457 e. The fourth-order valence-electron chi connectivity index (χ4n) is 2.64. The minimum absolute atomic E-state index is 0.0471. The Morgan fingerprint density at radius 2 is 1.96 bits per heavy atom. The molecule has 6 heteroatoms. The highest BCUT2D eigenvalue weighted by Crippen LogP contribution is 2.27. The van der Waals surface area contributed by atoms with Gasteiger partial charge in [0.2, 0.25) is 0 Å². The summed E-state index contributed by atoms with van der Waals surface area (Å²) in [6.45, 7) is 3.03. The summed E-state index contributed by atoms with van der Waals surface area (Å²) >= 11 is 0. The van der Waals surface area contributed by atoms with E-state index >= 15 is 0 Å². The predicted octanol–water partition coefficient (Wildman–Crippen LogP) is 3.03. The van der Waals surface area contributed by atoms with Gasteiger partial charge in [-0.3, -0.25) is 19.7 Å². The van der Waals surface area contributed by atoms with Crippen molar-refractivity contribution in [1.82, 2.24) is 5.32 Å². The monoisotopic (exact) mass is 346 g/mol. The Balaban J connectivity index is 1.99. The van der Waals surface area contributed by atoms with Crippen LogP contribution in [0.15, 0.2) is 57.5 Å². The van der Waals surface area contributed by atoms with E-state index < -0.39 is 11.8 Å². The highest BCUT2D eigenvalue weighted by molar-refractivity contribution is 6.19. The van der Waals surface area contributed by atoms with Gasteiger partial charge in [-0.2, -0.15) is 5.26 Å². The molecule has 1 N–H and O–H groups in total. The zero-order chi connectivity index (χ0) is 18.8. The Hall–Kier alpha value is -3.72. The van der Waals surface area contributed by atoms with E-state index in [0.717, 1.165) is 5.56 Å². The number of Topliss-reactive ketones (excluding diaryl/α,β-unsaturated/α-hetero) is 1. The van der Waals surface area contributed by atoms with Gasteiger partial charge >= 0.3 is 0 Å². The summed E-state index contributed by atoms with van der Waals surface area (Å²) in [5.41, 5.74) is 1.70. The van der Waals surface area contributed by atoms with Crippen molar-refractivity contribution in [2.75, 3.05) is 0 Å². The number of benzene rings is 1. The van der Waals surface area contributed by atoms with Crippen molar-refractivity contribution in [2.45, 2.75) is 13.8 Å². The molecular weight excluding hydrogens is 332 g/mol. The second kappa shape index (κ2) is 6.65. The van der Waals surface area contributed by atoms with Gasteiger partial charge in [-0.05, 0) is 43.7 Å². The van der Waals surface area contributed by atoms with E-state index in [-0.39, 0.29) is 16.9 Å². The van der Waals surface area contributed by atoms with Gasteiger partial charge in [-0.25, -0.2) is 0 Å². The summed E-state index contributed by atoms with van der Waals surface area (Å²) in [5, 5.41) is 11.2. The van der Waals surface area contributed by atoms with Gasteiger partial charge in [0.15, 0.2) is 5.78 Å². The van der Waals surface area contributed by atoms with Crippen LogP contribution >= 0.6 is 0 Å². The first kappa shape index (κ1) is 17.1. The fraction of sp³-hybridized carbons (Fsp3) is 0.100. The molecule has 0 bridgehead atoms. The standard InChI is InChI=1S/C20H14N2O4/c1-11-16(19(24)22-20(25)17(11)10-21)9-15-6-7-18(26-15)14-5-3-4-13(8-14)12(2)23/h3-9H,1-2H3,(H,22,24,25). The van der Waals surface area contributed by atoms with Crippen LogP contribution in [0.4, 0.5) is 0 Å². The Morgan fingerprint density at radius 3 is 2.65 bits per heavy atom. The normalized spacial score (nSPS) is 15.8. The number of ketones is 1. The van der Waals surface area contributed by atoms with Crippen LogP contribution in [0.1, 0.15) is 30.0 Å². The highest BCUT2D eigenvalue weighted by Gasteiger charge is 2.27. The van der Waals surface area contributed by atoms with Crippen molar-refractivity contribution < 1.29 is 18.8 Å². The van der Waals surface area contributed by atoms with Gasteiger partial charge in [-0.1, -0.05) is 18.2 Å². The van der Waals surface area contributed by atoms with Crippen LogP contribution in [0.2, 0.25) is 0 Å². The molecule has 0 unspecified atom stereocenters. The third kappa shape index (κ3) is 3.10. The average molecular weight is 346 g/mol. The second-order valence-corrected chi connectivity index (χ2v) is 5.79. The van der Waals surface area contributed by atoms with Gasteiger partial charge in [0.05, 0.1) is 0 Å². The minimum atomic E-state index is -0.701. The van der Waals surface area contributed by atoms with Crippen LogP contribution in [0.25, 0.3) is 17.4 Å². The summed E-state index contributed by atoms with van der Waals surface area (Å²) in [6, 6.07) is 12.2. The molecule has 2 amide bonds. The number of carbonyl (C=O) groups excluding carboxylic acids is 3. The lowest BCUT2D eigenvalue weighted by Gasteiger charge is -2.15. The number of amides is 2. The summed E-state index contributed by atoms with van der Waals surface area (Å²) in [6.07, 6.45) is 1.48. The molecule has 0 radical (unpaired) electrons. The van der Waals surface area contributed by atoms with Gasteiger partial charge in [-0.15, -0.1) is 0 Å². The summed E-state index contributed by atoms with van der Waals surface area (Å²) in [4.78, 5) is 35.2. The first-order valence-corrected chi connectivity index (χ1v) is 7.80. The number of nitrogens with one attached hydrogen (secondary N) is 1. The molecule has 0 spiro atoms. The molecule has 1 aliphatic rings. The van der Waals surface area contributed by atoms with Crippen molar-refractivity contribution in [3.8, 4) is 17.4 Å². The van der Waals surface area contributed by atoms with Gasteiger partial charge in [0.1, 0.15) is 23.2 Å². The molecule has 0 saturated heterocycles. The molecule has 1 aromatic carbocycles. The Kier molecular flexibility index (Phi) is 4.38. The van der Waals surface area contributed by atoms with E-state index in [1.165, 1.54) is 13.0 Å². The van der Waals surface area contributed by atoms with E-state index in [9.17, 15) is 14.4 Å². The summed E-state index contributed by atoms with van der Waals surface area (Å²) < 4.78 is 5.74. The molecule has 0 fully saturated rings. The number of hydrogen-bond donors (Lipinski definition) is 1. The lowest BCUT2D eigenvalue weighted by molar-refractivity contribution is -0.126. The van der Waals surface area contributed by atoms with Crippen LogP contribution in [0, 0.1) is 11.3 Å². The summed E-state index contributed by atoms with van der Waals surface area (Å²) in [5.74, 6) is -0.399. The summed E-state index contributed by atoms with van der Waals surface area (Å²) in [7, 11) is 0. The fourth-order valence-corrected chi connectivity index (χ4v) is 2.64. The molecule has 26 heavy (non-hydrogen) atoms. The molecule has 0 saturated carbocycles. The smallest absolute Gasteiger partial charge is 0.269 e. The van der Waals surface area contributed by atoms with Crippen LogP contribution in [-0.4, -0.2) is 17.6 Å². The molecule has 1 aliphatic heterocycles. The van der Waals surface area contributed by atoms with Crippen molar-refractivity contribution in [3.63, 3.8) is 0 Å². The van der Waals surface area contributed by atoms with E-state index in [1.54, 1.807) is 43.3 Å². The minimum Gasteiger partial charge on any atom is -0.457 e. The Bertz CT molecular complexity index is 1050. The quantitative estimate of drug-likeness (QED) is 0.523. The molecular formula is C20H14N2O4. The third-order valence-electron chi connectivity index (χ3n) is 4.06. The van der Waals surface area contributed by atoms with Crippen molar-refractivity contribution in [1.29, 1.82) is 5.26 Å². The van der Waals surface area contributed by atoms with Crippen LogP contribution < -0.4 is 5.32 Å². The Labute approximate surface area is 149 Å². The number of nitrogens with zero attached hydrogens (tertiary/aromatic N) is 1. The van der Waals surface area contributed by atoms with Crippen LogP contribution in [-0.2, 0) is 9.59 Å². The zero-order valence-corrected chi connectivity index (χ0v) is 14.1. The van der Waals surface area contributed by atoms with E-state index in [0.29, 0.717) is 22.7 Å². The van der Waals surface area contributed by atoms with Crippen molar-refractivity contribution in [2.24, 2.45) is 0 Å². The number of nitriles is 1. The lowest BCUT2D eigenvalue weighted by atomic mass is 9.96. The maximum absolute atomic E-state index is 12.1. The van der Waals surface area contributed by atoms with Crippen LogP contribution in [0.5, 0.6) is 0 Å². The first-order chi connectivity index (χ1) is 12.4. The molecule has 1 aromatic heterocycles. The maximum Gasteiger partial charge on any atom is 0.269 e. The number of furan rings is 1. The zero-order valence-electron chi connectivity index (χ0n) is 14.1. The average Bonchev–Trinajstić information content (AvgIpc) is 3.07. The molecule has 128 valence electrons. The number of rotatable bonds is 3. The first-order valence-electron chi connectivity index (χ1n) is 7.80. The molecule has 0 atom stereocenters. The maximum atomic E-state index is 12.1.